The van der Waals surface area contributed by atoms with E-state index in [1.54, 1.807) is 36.7 Å². The highest BCUT2D eigenvalue weighted by atomic mass is 32.2. The average molecular weight is 447 g/mol. The standard InChI is InChI=1S/C20H19F2N5O3S/c1-11(30-16-8-7-12(21)9-14(16)22)19-25-26-20(27(19)2)31-10-17(28)24-15-6-4-3-5-13(15)18(23)29/h3-9,11H,10H2,1-2H3,(H2,23,29)(H,24,28). The molecule has 1 aromatic heterocycles. The molecule has 0 aliphatic heterocycles. The number of carbonyl (C=O) groups excluding carboxylic acids is 2. The van der Waals surface area contributed by atoms with E-state index in [-0.39, 0.29) is 23.0 Å². The van der Waals surface area contributed by atoms with Gasteiger partial charge in [0.05, 0.1) is 17.0 Å². The number of hydrogen-bond acceptors (Lipinski definition) is 6. The smallest absolute Gasteiger partial charge is 0.250 e. The topological polar surface area (TPSA) is 112 Å². The van der Waals surface area contributed by atoms with E-state index in [4.69, 9.17) is 10.5 Å². The van der Waals surface area contributed by atoms with Gasteiger partial charge >= 0.3 is 0 Å². The molecule has 1 unspecified atom stereocenters. The zero-order chi connectivity index (χ0) is 22.5. The van der Waals surface area contributed by atoms with Crippen molar-refractivity contribution in [2.75, 3.05) is 11.1 Å². The second kappa shape index (κ2) is 9.56. The number of aromatic nitrogens is 3. The number of halogens is 2. The summed E-state index contributed by atoms with van der Waals surface area (Å²) in [7, 11) is 1.68. The minimum absolute atomic E-state index is 0.000891. The quantitative estimate of drug-likeness (QED) is 0.514. The van der Waals surface area contributed by atoms with E-state index in [0.717, 1.165) is 23.9 Å². The first-order valence-corrected chi connectivity index (χ1v) is 10.1. The molecule has 0 bridgehead atoms. The molecule has 1 atom stereocenters. The van der Waals surface area contributed by atoms with E-state index in [9.17, 15) is 18.4 Å². The molecule has 1 heterocycles. The first kappa shape index (κ1) is 22.2. The second-order valence-electron chi connectivity index (χ2n) is 6.48. The fraction of sp³-hybridized carbons (Fsp3) is 0.200. The molecule has 8 nitrogen and oxygen atoms in total. The normalized spacial score (nSPS) is 11.7. The molecule has 11 heteroatoms. The molecular formula is C20H19F2N5O3S. The number of amides is 2. The van der Waals surface area contributed by atoms with Crippen LogP contribution in [0.15, 0.2) is 47.6 Å². The summed E-state index contributed by atoms with van der Waals surface area (Å²) in [5.74, 6) is -2.25. The first-order chi connectivity index (χ1) is 14.8. The van der Waals surface area contributed by atoms with E-state index < -0.39 is 23.6 Å². The van der Waals surface area contributed by atoms with Gasteiger partial charge in [-0.1, -0.05) is 23.9 Å². The van der Waals surface area contributed by atoms with Gasteiger partial charge in [-0.25, -0.2) is 8.78 Å². The molecule has 0 spiro atoms. The van der Waals surface area contributed by atoms with Crippen LogP contribution in [0.5, 0.6) is 5.75 Å². The molecule has 0 saturated carbocycles. The van der Waals surface area contributed by atoms with Crippen LogP contribution in [0.2, 0.25) is 0 Å². The average Bonchev–Trinajstić information content (AvgIpc) is 3.09. The number of primary amides is 1. The summed E-state index contributed by atoms with van der Waals surface area (Å²) in [6.45, 7) is 1.65. The van der Waals surface area contributed by atoms with Crippen molar-refractivity contribution in [2.24, 2.45) is 12.8 Å². The van der Waals surface area contributed by atoms with Crippen molar-refractivity contribution in [2.45, 2.75) is 18.2 Å². The monoisotopic (exact) mass is 447 g/mol. The highest BCUT2D eigenvalue weighted by Crippen LogP contribution is 2.26. The van der Waals surface area contributed by atoms with E-state index in [1.807, 2.05) is 0 Å². The van der Waals surface area contributed by atoms with Crippen molar-refractivity contribution in [1.82, 2.24) is 14.8 Å². The Labute approximate surface area is 180 Å². The number of rotatable bonds is 8. The van der Waals surface area contributed by atoms with Gasteiger partial charge in [-0.15, -0.1) is 10.2 Å². The van der Waals surface area contributed by atoms with Gasteiger partial charge in [0.15, 0.2) is 28.7 Å². The SMILES string of the molecule is CC(Oc1ccc(F)cc1F)c1nnc(SCC(=O)Nc2ccccc2C(N)=O)n1C. The maximum Gasteiger partial charge on any atom is 0.250 e. The second-order valence-corrected chi connectivity index (χ2v) is 7.42. The van der Waals surface area contributed by atoms with Crippen molar-refractivity contribution in [3.8, 4) is 5.75 Å². The molecule has 0 aliphatic carbocycles. The van der Waals surface area contributed by atoms with Crippen LogP contribution in [0, 0.1) is 11.6 Å². The van der Waals surface area contributed by atoms with Crippen LogP contribution in [0.3, 0.4) is 0 Å². The highest BCUT2D eigenvalue weighted by Gasteiger charge is 2.20. The summed E-state index contributed by atoms with van der Waals surface area (Å²) in [5, 5.41) is 11.1. The lowest BCUT2D eigenvalue weighted by Gasteiger charge is -2.14. The minimum atomic E-state index is -0.823. The third kappa shape index (κ3) is 5.37. The third-order valence-corrected chi connectivity index (χ3v) is 5.25. The van der Waals surface area contributed by atoms with Gasteiger partial charge in [-0.3, -0.25) is 9.59 Å². The number of para-hydroxylation sites is 1. The summed E-state index contributed by atoms with van der Waals surface area (Å²) >= 11 is 1.12. The molecule has 3 rings (SSSR count). The lowest BCUT2D eigenvalue weighted by atomic mass is 10.1. The fourth-order valence-corrected chi connectivity index (χ4v) is 3.46. The van der Waals surface area contributed by atoms with Crippen LogP contribution in [-0.2, 0) is 11.8 Å². The largest absolute Gasteiger partial charge is 0.480 e. The zero-order valence-electron chi connectivity index (χ0n) is 16.6. The molecule has 0 saturated heterocycles. The van der Waals surface area contributed by atoms with Gasteiger partial charge in [0.2, 0.25) is 5.91 Å². The predicted molar refractivity (Wildman–Crippen MR) is 111 cm³/mol. The van der Waals surface area contributed by atoms with Crippen molar-refractivity contribution in [1.29, 1.82) is 0 Å². The van der Waals surface area contributed by atoms with E-state index in [1.165, 1.54) is 12.1 Å². The maximum atomic E-state index is 13.8. The van der Waals surface area contributed by atoms with Crippen LogP contribution in [0.4, 0.5) is 14.5 Å². The molecule has 3 aromatic rings. The van der Waals surface area contributed by atoms with Crippen LogP contribution < -0.4 is 15.8 Å². The summed E-state index contributed by atoms with van der Waals surface area (Å²) in [6.07, 6.45) is -0.678. The van der Waals surface area contributed by atoms with Gasteiger partial charge in [0.25, 0.3) is 5.91 Å². The summed E-state index contributed by atoms with van der Waals surface area (Å²) < 4.78 is 34.0. The Morgan fingerprint density at radius 3 is 2.68 bits per heavy atom. The molecule has 2 aromatic carbocycles. The van der Waals surface area contributed by atoms with E-state index in [0.29, 0.717) is 16.7 Å². The summed E-state index contributed by atoms with van der Waals surface area (Å²) in [4.78, 5) is 23.7. The highest BCUT2D eigenvalue weighted by molar-refractivity contribution is 7.99. The van der Waals surface area contributed by atoms with Crippen molar-refractivity contribution in [3.05, 3.63) is 65.5 Å². The predicted octanol–water partition coefficient (Wildman–Crippen LogP) is 3.06. The van der Waals surface area contributed by atoms with Crippen LogP contribution in [-0.4, -0.2) is 32.3 Å². The Bertz CT molecular complexity index is 1120. The van der Waals surface area contributed by atoms with Gasteiger partial charge in [-0.2, -0.15) is 0 Å². The van der Waals surface area contributed by atoms with E-state index >= 15 is 0 Å². The van der Waals surface area contributed by atoms with Crippen LogP contribution in [0.1, 0.15) is 29.2 Å². The number of hydrogen-bond donors (Lipinski definition) is 2. The number of anilines is 1. The van der Waals surface area contributed by atoms with Crippen molar-refractivity contribution < 1.29 is 23.1 Å². The third-order valence-electron chi connectivity index (χ3n) is 4.23. The molecular weight excluding hydrogens is 428 g/mol. The number of nitrogens with two attached hydrogens (primary N) is 1. The van der Waals surface area contributed by atoms with Gasteiger partial charge < -0.3 is 20.4 Å². The van der Waals surface area contributed by atoms with Crippen LogP contribution >= 0.6 is 11.8 Å². The van der Waals surface area contributed by atoms with Crippen molar-refractivity contribution in [3.63, 3.8) is 0 Å². The zero-order valence-corrected chi connectivity index (χ0v) is 17.5. The number of carbonyl (C=O) groups is 2. The Morgan fingerprint density at radius 1 is 1.23 bits per heavy atom. The number of benzene rings is 2. The van der Waals surface area contributed by atoms with Gasteiger partial charge in [0, 0.05) is 13.1 Å². The summed E-state index contributed by atoms with van der Waals surface area (Å²) in [6, 6.07) is 9.44. The molecule has 0 radical (unpaired) electrons. The van der Waals surface area contributed by atoms with Gasteiger partial charge in [-0.05, 0) is 31.2 Å². The molecule has 0 aliphatic rings. The minimum Gasteiger partial charge on any atom is -0.480 e. The lowest BCUT2D eigenvalue weighted by Crippen LogP contribution is -2.19. The van der Waals surface area contributed by atoms with Gasteiger partial charge in [0.1, 0.15) is 5.82 Å². The first-order valence-electron chi connectivity index (χ1n) is 9.08. The lowest BCUT2D eigenvalue weighted by molar-refractivity contribution is -0.113. The summed E-state index contributed by atoms with van der Waals surface area (Å²) in [5.41, 5.74) is 5.84. The fourth-order valence-electron chi connectivity index (χ4n) is 2.74. The Morgan fingerprint density at radius 2 is 1.97 bits per heavy atom. The molecule has 162 valence electrons. The molecule has 31 heavy (non-hydrogen) atoms. The Balaban J connectivity index is 1.62. The van der Waals surface area contributed by atoms with E-state index in [2.05, 4.69) is 15.5 Å². The van der Waals surface area contributed by atoms with Crippen LogP contribution in [0.25, 0.3) is 0 Å². The number of nitrogens with one attached hydrogen (secondary N) is 1. The Hall–Kier alpha value is -3.47. The molecule has 0 fully saturated rings. The molecule has 3 N–H and O–H groups in total. The maximum absolute atomic E-state index is 13.8. The number of nitrogens with zero attached hydrogens (tertiary/aromatic N) is 3. The molecule has 2 amide bonds. The van der Waals surface area contributed by atoms with Crippen molar-refractivity contribution >= 4 is 29.3 Å². The number of thioether (sulfide) groups is 1. The number of ether oxygens (including phenoxy) is 1. The Kier molecular flexibility index (Phi) is 6.85.